The minimum absolute atomic E-state index is 0.341. The summed E-state index contributed by atoms with van der Waals surface area (Å²) in [6.45, 7) is 7.90. The first kappa shape index (κ1) is 16.9. The molecule has 0 bridgehead atoms. The predicted octanol–water partition coefficient (Wildman–Crippen LogP) is 4.15. The first-order chi connectivity index (χ1) is 10.7. The second kappa shape index (κ2) is 5.99. The standard InChI is InChI=1S/C18H23NO4/c1-12-6-8-13(9-7-12)18(17(2,3)4,19-16(20)21)14-10-11-15(22-5)23-14/h6-11,19H,1-5H3,(H,20,21). The van der Waals surface area contributed by atoms with Gasteiger partial charge in [0.25, 0.3) is 5.95 Å². The van der Waals surface area contributed by atoms with Crippen LogP contribution < -0.4 is 10.1 Å². The molecule has 2 aromatic rings. The van der Waals surface area contributed by atoms with E-state index < -0.39 is 17.0 Å². The number of rotatable bonds is 4. The quantitative estimate of drug-likeness (QED) is 0.888. The van der Waals surface area contributed by atoms with E-state index in [4.69, 9.17) is 9.15 Å². The van der Waals surface area contributed by atoms with Gasteiger partial charge in [0.15, 0.2) is 0 Å². The average molecular weight is 317 g/mol. The highest BCUT2D eigenvalue weighted by Crippen LogP contribution is 2.46. The number of benzene rings is 1. The molecule has 1 unspecified atom stereocenters. The lowest BCUT2D eigenvalue weighted by Crippen LogP contribution is -2.54. The number of carbonyl (C=O) groups is 1. The molecule has 0 aliphatic carbocycles. The molecular formula is C18H23NO4. The predicted molar refractivity (Wildman–Crippen MR) is 87.8 cm³/mol. The Hall–Kier alpha value is -2.43. The van der Waals surface area contributed by atoms with Crippen molar-refractivity contribution in [3.05, 3.63) is 53.3 Å². The van der Waals surface area contributed by atoms with E-state index in [1.807, 2.05) is 52.0 Å². The van der Waals surface area contributed by atoms with Crippen LogP contribution >= 0.6 is 0 Å². The molecule has 0 fully saturated rings. The SMILES string of the molecule is COc1ccc(C(NC(=O)O)(c2ccc(C)cc2)C(C)(C)C)o1. The topological polar surface area (TPSA) is 71.7 Å². The van der Waals surface area contributed by atoms with Crippen molar-refractivity contribution in [2.24, 2.45) is 5.41 Å². The van der Waals surface area contributed by atoms with Crippen LogP contribution in [0.3, 0.4) is 0 Å². The van der Waals surface area contributed by atoms with Gasteiger partial charge in [0.05, 0.1) is 7.11 Å². The summed E-state index contributed by atoms with van der Waals surface area (Å²) in [7, 11) is 1.51. The molecule has 124 valence electrons. The Bertz CT molecular complexity index is 682. The first-order valence-corrected chi connectivity index (χ1v) is 7.43. The fourth-order valence-corrected chi connectivity index (χ4v) is 2.86. The summed E-state index contributed by atoms with van der Waals surface area (Å²) in [5.41, 5.74) is 0.395. The van der Waals surface area contributed by atoms with Crippen molar-refractivity contribution < 1.29 is 19.1 Å². The largest absolute Gasteiger partial charge is 0.468 e. The molecule has 0 spiro atoms. The smallest absolute Gasteiger partial charge is 0.405 e. The number of nitrogens with one attached hydrogen (secondary N) is 1. The fourth-order valence-electron chi connectivity index (χ4n) is 2.86. The molecule has 5 nitrogen and oxygen atoms in total. The monoisotopic (exact) mass is 317 g/mol. The van der Waals surface area contributed by atoms with Crippen molar-refractivity contribution in [3.8, 4) is 5.95 Å². The van der Waals surface area contributed by atoms with Gasteiger partial charge in [-0.1, -0.05) is 50.6 Å². The molecule has 2 rings (SSSR count). The highest BCUT2D eigenvalue weighted by molar-refractivity contribution is 5.67. The number of hydrogen-bond acceptors (Lipinski definition) is 3. The molecule has 0 radical (unpaired) electrons. The Morgan fingerprint density at radius 2 is 1.74 bits per heavy atom. The third kappa shape index (κ3) is 3.04. The van der Waals surface area contributed by atoms with Crippen molar-refractivity contribution in [1.82, 2.24) is 5.32 Å². The molecular weight excluding hydrogens is 294 g/mol. The van der Waals surface area contributed by atoms with E-state index in [1.54, 1.807) is 12.1 Å². The van der Waals surface area contributed by atoms with Crippen molar-refractivity contribution in [2.75, 3.05) is 7.11 Å². The van der Waals surface area contributed by atoms with Crippen LogP contribution in [0.5, 0.6) is 5.95 Å². The molecule has 0 aliphatic rings. The van der Waals surface area contributed by atoms with Crippen LogP contribution in [0.1, 0.15) is 37.7 Å². The molecule has 23 heavy (non-hydrogen) atoms. The van der Waals surface area contributed by atoms with Crippen molar-refractivity contribution in [3.63, 3.8) is 0 Å². The van der Waals surface area contributed by atoms with Gasteiger partial charge >= 0.3 is 6.09 Å². The van der Waals surface area contributed by atoms with Gasteiger partial charge in [-0.05, 0) is 24.0 Å². The van der Waals surface area contributed by atoms with E-state index in [0.29, 0.717) is 11.7 Å². The summed E-state index contributed by atoms with van der Waals surface area (Å²) < 4.78 is 10.9. The average Bonchev–Trinajstić information content (AvgIpc) is 2.93. The number of amides is 1. The van der Waals surface area contributed by atoms with Crippen LogP contribution in [0.2, 0.25) is 0 Å². The lowest BCUT2D eigenvalue weighted by Gasteiger charge is -2.43. The summed E-state index contributed by atoms with van der Waals surface area (Å²) in [5, 5.41) is 12.2. The maximum Gasteiger partial charge on any atom is 0.405 e. The van der Waals surface area contributed by atoms with Crippen molar-refractivity contribution >= 4 is 6.09 Å². The third-order valence-electron chi connectivity index (χ3n) is 4.06. The summed E-state index contributed by atoms with van der Waals surface area (Å²) in [5.74, 6) is 0.834. The van der Waals surface area contributed by atoms with Crippen LogP contribution in [-0.2, 0) is 5.54 Å². The summed E-state index contributed by atoms with van der Waals surface area (Å²) in [6, 6.07) is 11.2. The molecule has 1 heterocycles. The normalized spacial score (nSPS) is 14.1. The molecule has 1 aromatic heterocycles. The lowest BCUT2D eigenvalue weighted by atomic mass is 9.67. The molecule has 0 aliphatic heterocycles. The second-order valence-electron chi connectivity index (χ2n) is 6.62. The van der Waals surface area contributed by atoms with E-state index in [9.17, 15) is 9.90 Å². The Labute approximate surface area is 136 Å². The van der Waals surface area contributed by atoms with Crippen LogP contribution in [0.25, 0.3) is 0 Å². The Kier molecular flexibility index (Phi) is 4.41. The highest BCUT2D eigenvalue weighted by atomic mass is 16.6. The van der Waals surface area contributed by atoms with Crippen LogP contribution in [0.15, 0.2) is 40.8 Å². The maximum atomic E-state index is 11.6. The number of aryl methyl sites for hydroxylation is 1. The van der Waals surface area contributed by atoms with Crippen LogP contribution in [0, 0.1) is 12.3 Å². The number of ether oxygens (including phenoxy) is 1. The minimum atomic E-state index is -1.11. The first-order valence-electron chi connectivity index (χ1n) is 7.43. The second-order valence-corrected chi connectivity index (χ2v) is 6.62. The third-order valence-corrected chi connectivity index (χ3v) is 4.06. The van der Waals surface area contributed by atoms with E-state index in [1.165, 1.54) is 7.11 Å². The van der Waals surface area contributed by atoms with E-state index in [0.717, 1.165) is 11.1 Å². The van der Waals surface area contributed by atoms with Crippen LogP contribution in [-0.4, -0.2) is 18.3 Å². The molecule has 5 heteroatoms. The van der Waals surface area contributed by atoms with Gasteiger partial charge in [0, 0.05) is 6.07 Å². The zero-order valence-corrected chi connectivity index (χ0v) is 14.1. The van der Waals surface area contributed by atoms with Crippen LogP contribution in [0.4, 0.5) is 4.79 Å². The lowest BCUT2D eigenvalue weighted by molar-refractivity contribution is 0.122. The summed E-state index contributed by atoms with van der Waals surface area (Å²) in [4.78, 5) is 11.6. The van der Waals surface area contributed by atoms with Crippen molar-refractivity contribution in [1.29, 1.82) is 0 Å². The van der Waals surface area contributed by atoms with Gasteiger partial charge in [0.2, 0.25) is 0 Å². The van der Waals surface area contributed by atoms with E-state index >= 15 is 0 Å². The van der Waals surface area contributed by atoms with Gasteiger partial charge in [-0.25, -0.2) is 4.79 Å². The van der Waals surface area contributed by atoms with Gasteiger partial charge < -0.3 is 19.6 Å². The molecule has 0 saturated heterocycles. The maximum absolute atomic E-state index is 11.6. The molecule has 1 atom stereocenters. The molecule has 1 aromatic carbocycles. The number of methoxy groups -OCH3 is 1. The van der Waals surface area contributed by atoms with E-state index in [-0.39, 0.29) is 0 Å². The number of furan rings is 1. The number of carboxylic acid groups (broad SMARTS) is 1. The summed E-state index contributed by atoms with van der Waals surface area (Å²) in [6.07, 6.45) is -1.11. The Morgan fingerprint density at radius 3 is 2.17 bits per heavy atom. The molecule has 0 saturated carbocycles. The van der Waals surface area contributed by atoms with Gasteiger partial charge in [0.1, 0.15) is 11.3 Å². The minimum Gasteiger partial charge on any atom is -0.468 e. The zero-order chi connectivity index (χ0) is 17.3. The fraction of sp³-hybridized carbons (Fsp3) is 0.389. The highest BCUT2D eigenvalue weighted by Gasteiger charge is 2.49. The molecule has 2 N–H and O–H groups in total. The summed E-state index contributed by atoms with van der Waals surface area (Å²) >= 11 is 0. The van der Waals surface area contributed by atoms with Gasteiger partial charge in [-0.15, -0.1) is 0 Å². The zero-order valence-electron chi connectivity index (χ0n) is 14.1. The van der Waals surface area contributed by atoms with E-state index in [2.05, 4.69) is 5.32 Å². The van der Waals surface area contributed by atoms with Crippen molar-refractivity contribution in [2.45, 2.75) is 33.2 Å². The number of hydrogen-bond donors (Lipinski definition) is 2. The molecule has 1 amide bonds. The van der Waals surface area contributed by atoms with Gasteiger partial charge in [-0.3, -0.25) is 0 Å². The van der Waals surface area contributed by atoms with Gasteiger partial charge in [-0.2, -0.15) is 0 Å². The Morgan fingerprint density at radius 1 is 1.13 bits per heavy atom. The Balaban J connectivity index is 2.73.